The second-order valence-electron chi connectivity index (χ2n) is 3.85. The maximum atomic E-state index is 6.08. The molecule has 0 saturated carbocycles. The summed E-state index contributed by atoms with van der Waals surface area (Å²) in [5.41, 5.74) is 6.86. The van der Waals surface area contributed by atoms with Gasteiger partial charge in [-0.2, -0.15) is 0 Å². The van der Waals surface area contributed by atoms with Crippen LogP contribution in [0.15, 0.2) is 23.1 Å². The fourth-order valence-corrected chi connectivity index (χ4v) is 2.25. The van der Waals surface area contributed by atoms with Crippen molar-refractivity contribution in [2.45, 2.75) is 43.8 Å². The molecule has 0 aliphatic heterocycles. The average molecular weight is 239 g/mol. The summed E-state index contributed by atoms with van der Waals surface area (Å²) in [6.07, 6.45) is 2.15. The maximum Gasteiger partial charge on any atom is 0.143 e. The van der Waals surface area contributed by atoms with Gasteiger partial charge in [0.05, 0.1) is 12.3 Å². The number of nitrogen functional groups attached to an aromatic ring is 1. The van der Waals surface area contributed by atoms with Crippen molar-refractivity contribution in [2.75, 3.05) is 12.3 Å². The second kappa shape index (κ2) is 6.69. The van der Waals surface area contributed by atoms with Crippen LogP contribution in [0.2, 0.25) is 0 Å². The summed E-state index contributed by atoms with van der Waals surface area (Å²) >= 11 is 1.81. The summed E-state index contributed by atoms with van der Waals surface area (Å²) in [5, 5.41) is 0.587. The number of hydrogen-bond donors (Lipinski definition) is 1. The molecule has 0 radical (unpaired) electrons. The Morgan fingerprint density at radius 2 is 2.12 bits per heavy atom. The summed E-state index contributed by atoms with van der Waals surface area (Å²) in [5.74, 6) is 0.815. The van der Waals surface area contributed by atoms with Crippen LogP contribution in [-0.4, -0.2) is 11.9 Å². The molecule has 1 aromatic rings. The average Bonchev–Trinajstić information content (AvgIpc) is 2.30. The molecule has 1 unspecified atom stereocenters. The Balaban J connectivity index is 2.77. The molecular weight excluding hydrogens is 218 g/mol. The fourth-order valence-electron chi connectivity index (χ4n) is 1.26. The summed E-state index contributed by atoms with van der Waals surface area (Å²) in [6, 6.07) is 6.00. The number of rotatable bonds is 6. The molecule has 0 aliphatic carbocycles. The lowest BCUT2D eigenvalue weighted by molar-refractivity contribution is 0.318. The second-order valence-corrected chi connectivity index (χ2v) is 5.33. The quantitative estimate of drug-likeness (QED) is 0.603. The molecule has 3 heteroatoms. The van der Waals surface area contributed by atoms with Gasteiger partial charge in [0.2, 0.25) is 0 Å². The van der Waals surface area contributed by atoms with Gasteiger partial charge in [0, 0.05) is 10.1 Å². The van der Waals surface area contributed by atoms with E-state index in [2.05, 4.69) is 26.8 Å². The van der Waals surface area contributed by atoms with Gasteiger partial charge in [0.1, 0.15) is 5.75 Å². The number of thioether (sulfide) groups is 1. The van der Waals surface area contributed by atoms with Crippen LogP contribution in [0.25, 0.3) is 0 Å². The number of ether oxygens (including phenoxy) is 1. The van der Waals surface area contributed by atoms with E-state index < -0.39 is 0 Å². The number of hydrogen-bond acceptors (Lipinski definition) is 3. The van der Waals surface area contributed by atoms with Crippen molar-refractivity contribution in [1.29, 1.82) is 0 Å². The molecule has 90 valence electrons. The highest BCUT2D eigenvalue weighted by Gasteiger charge is 2.09. The fraction of sp³-hybridized carbons (Fsp3) is 0.538. The lowest BCUT2D eigenvalue weighted by atomic mass is 10.3. The van der Waals surface area contributed by atoms with E-state index in [0.717, 1.165) is 35.8 Å². The van der Waals surface area contributed by atoms with E-state index in [4.69, 9.17) is 10.5 Å². The van der Waals surface area contributed by atoms with Crippen LogP contribution in [0.4, 0.5) is 5.69 Å². The van der Waals surface area contributed by atoms with E-state index in [1.165, 1.54) is 0 Å². The molecule has 1 atom stereocenters. The largest absolute Gasteiger partial charge is 0.491 e. The molecule has 2 nitrogen and oxygen atoms in total. The van der Waals surface area contributed by atoms with E-state index in [1.807, 2.05) is 23.9 Å². The van der Waals surface area contributed by atoms with Crippen LogP contribution in [0, 0.1) is 0 Å². The van der Waals surface area contributed by atoms with Crippen molar-refractivity contribution in [1.82, 2.24) is 0 Å². The Kier molecular flexibility index (Phi) is 5.53. The molecule has 0 heterocycles. The third-order valence-electron chi connectivity index (χ3n) is 2.39. The Labute approximate surface area is 103 Å². The first-order valence-electron chi connectivity index (χ1n) is 5.87. The van der Waals surface area contributed by atoms with Gasteiger partial charge in [-0.3, -0.25) is 0 Å². The number of anilines is 1. The van der Waals surface area contributed by atoms with Gasteiger partial charge in [-0.05, 0) is 25.0 Å². The smallest absolute Gasteiger partial charge is 0.143 e. The van der Waals surface area contributed by atoms with Gasteiger partial charge in [0.25, 0.3) is 0 Å². The Morgan fingerprint density at radius 1 is 1.38 bits per heavy atom. The Hall–Kier alpha value is -0.830. The zero-order valence-electron chi connectivity index (χ0n) is 10.3. The van der Waals surface area contributed by atoms with Crippen LogP contribution < -0.4 is 10.5 Å². The minimum Gasteiger partial charge on any atom is -0.491 e. The minimum atomic E-state index is 0.587. The molecule has 1 rings (SSSR count). The van der Waals surface area contributed by atoms with Crippen LogP contribution >= 0.6 is 11.8 Å². The van der Waals surface area contributed by atoms with Crippen molar-refractivity contribution in [3.63, 3.8) is 0 Å². The monoisotopic (exact) mass is 239 g/mol. The van der Waals surface area contributed by atoms with Gasteiger partial charge in [-0.25, -0.2) is 0 Å². The van der Waals surface area contributed by atoms with Gasteiger partial charge >= 0.3 is 0 Å². The SMILES string of the molecule is CCCOc1cccc(SC(C)CC)c1N. The maximum absolute atomic E-state index is 6.08. The van der Waals surface area contributed by atoms with E-state index >= 15 is 0 Å². The number of nitrogens with two attached hydrogens (primary N) is 1. The third kappa shape index (κ3) is 3.63. The van der Waals surface area contributed by atoms with Gasteiger partial charge in [-0.15, -0.1) is 11.8 Å². The summed E-state index contributed by atoms with van der Waals surface area (Å²) < 4.78 is 5.60. The van der Waals surface area contributed by atoms with Crippen LogP contribution in [0.1, 0.15) is 33.6 Å². The molecule has 0 spiro atoms. The lowest BCUT2D eigenvalue weighted by Gasteiger charge is -2.14. The molecule has 1 aromatic carbocycles. The number of benzene rings is 1. The highest BCUT2D eigenvalue weighted by atomic mass is 32.2. The first-order valence-corrected chi connectivity index (χ1v) is 6.74. The molecule has 0 aliphatic rings. The highest BCUT2D eigenvalue weighted by Crippen LogP contribution is 2.35. The number of para-hydroxylation sites is 1. The normalized spacial score (nSPS) is 12.4. The Morgan fingerprint density at radius 3 is 2.75 bits per heavy atom. The van der Waals surface area contributed by atoms with E-state index in [-0.39, 0.29) is 0 Å². The molecule has 0 bridgehead atoms. The summed E-state index contributed by atoms with van der Waals surface area (Å²) in [4.78, 5) is 1.13. The minimum absolute atomic E-state index is 0.587. The van der Waals surface area contributed by atoms with Crippen LogP contribution in [0.5, 0.6) is 5.75 Å². The standard InChI is InChI=1S/C13H21NOS/c1-4-9-15-11-7-6-8-12(13(11)14)16-10(3)5-2/h6-8,10H,4-5,9,14H2,1-3H3. The summed E-state index contributed by atoms with van der Waals surface area (Å²) in [7, 11) is 0. The highest BCUT2D eigenvalue weighted by molar-refractivity contribution is 8.00. The molecule has 0 fully saturated rings. The van der Waals surface area contributed by atoms with Crippen molar-refractivity contribution < 1.29 is 4.74 Å². The zero-order valence-corrected chi connectivity index (χ0v) is 11.1. The zero-order chi connectivity index (χ0) is 12.0. The van der Waals surface area contributed by atoms with E-state index in [1.54, 1.807) is 0 Å². The molecule has 0 saturated heterocycles. The van der Waals surface area contributed by atoms with Crippen LogP contribution in [-0.2, 0) is 0 Å². The van der Waals surface area contributed by atoms with Crippen molar-refractivity contribution in [2.24, 2.45) is 0 Å². The van der Waals surface area contributed by atoms with Crippen molar-refractivity contribution >= 4 is 17.4 Å². The van der Waals surface area contributed by atoms with E-state index in [9.17, 15) is 0 Å². The molecule has 0 amide bonds. The predicted molar refractivity (Wildman–Crippen MR) is 72.3 cm³/mol. The molecule has 0 aromatic heterocycles. The van der Waals surface area contributed by atoms with Crippen molar-refractivity contribution in [3.8, 4) is 5.75 Å². The lowest BCUT2D eigenvalue weighted by Crippen LogP contribution is -2.01. The summed E-state index contributed by atoms with van der Waals surface area (Å²) in [6.45, 7) is 7.21. The molecule has 2 N–H and O–H groups in total. The third-order valence-corrected chi connectivity index (χ3v) is 3.74. The first-order chi connectivity index (χ1) is 7.69. The molecular formula is C13H21NOS. The van der Waals surface area contributed by atoms with E-state index in [0.29, 0.717) is 5.25 Å². The van der Waals surface area contributed by atoms with Gasteiger partial charge in [0.15, 0.2) is 0 Å². The van der Waals surface area contributed by atoms with Crippen LogP contribution in [0.3, 0.4) is 0 Å². The van der Waals surface area contributed by atoms with Gasteiger partial charge < -0.3 is 10.5 Å². The Bertz CT molecular complexity index is 328. The predicted octanol–water partition coefficient (Wildman–Crippen LogP) is 3.95. The van der Waals surface area contributed by atoms with Gasteiger partial charge in [-0.1, -0.05) is 26.8 Å². The first kappa shape index (κ1) is 13.2. The molecule has 16 heavy (non-hydrogen) atoms. The topological polar surface area (TPSA) is 35.2 Å². The van der Waals surface area contributed by atoms with Crippen molar-refractivity contribution in [3.05, 3.63) is 18.2 Å².